The van der Waals surface area contributed by atoms with Crippen molar-refractivity contribution in [2.24, 2.45) is 4.99 Å². The van der Waals surface area contributed by atoms with E-state index in [4.69, 9.17) is 16.1 Å². The van der Waals surface area contributed by atoms with E-state index in [9.17, 15) is 0 Å². The highest BCUT2D eigenvalue weighted by atomic mass is 35.5. The van der Waals surface area contributed by atoms with Crippen molar-refractivity contribution in [1.29, 1.82) is 0 Å². The molecule has 1 N–H and O–H groups in total. The molecule has 3 rings (SSSR count). The molecule has 0 amide bonds. The third-order valence-electron chi connectivity index (χ3n) is 4.05. The Hall–Kier alpha value is -1.73. The number of hydrogen-bond acceptors (Lipinski definition) is 5. The summed E-state index contributed by atoms with van der Waals surface area (Å²) in [5.41, 5.74) is 0.839. The largest absolute Gasteiger partial charge is 0.347 e. The molecule has 2 aromatic rings. The van der Waals surface area contributed by atoms with Gasteiger partial charge in [0.25, 0.3) is 0 Å². The number of aliphatic imine (C=N–C) groups is 1. The van der Waals surface area contributed by atoms with Crippen molar-refractivity contribution in [3.8, 4) is 11.4 Å². The second kappa shape index (κ2) is 8.58. The van der Waals surface area contributed by atoms with Gasteiger partial charge in [0.1, 0.15) is 0 Å². The van der Waals surface area contributed by atoms with Crippen LogP contribution >= 0.6 is 23.4 Å². The Labute approximate surface area is 157 Å². The zero-order valence-electron chi connectivity index (χ0n) is 14.4. The summed E-state index contributed by atoms with van der Waals surface area (Å²) >= 11 is 8.05. The Balaban J connectivity index is 1.61. The Morgan fingerprint density at radius 3 is 3.16 bits per heavy atom. The quantitative estimate of drug-likeness (QED) is 0.649. The number of halogens is 1. The van der Waals surface area contributed by atoms with Crippen LogP contribution in [0.3, 0.4) is 0 Å². The summed E-state index contributed by atoms with van der Waals surface area (Å²) in [6, 6.07) is 7.41. The molecule has 1 unspecified atom stereocenters. The van der Waals surface area contributed by atoms with E-state index in [0.717, 1.165) is 30.4 Å². The molecule has 0 aliphatic carbocycles. The van der Waals surface area contributed by atoms with Crippen LogP contribution < -0.4 is 5.32 Å². The molecule has 1 fully saturated rings. The first-order chi connectivity index (χ1) is 12.2. The standard InChI is InChI=1S/C17H22ClN5OS/c1-3-14-11-23(7-8-25-14)17(19-2)20-10-15-21-16(22-24-15)12-5-4-6-13(18)9-12/h4-6,9,14H,3,7-8,10-11H2,1-2H3,(H,19,20). The third-order valence-corrected chi connectivity index (χ3v) is 5.66. The van der Waals surface area contributed by atoms with Gasteiger partial charge in [-0.2, -0.15) is 16.7 Å². The summed E-state index contributed by atoms with van der Waals surface area (Å²) in [4.78, 5) is 11.1. The Kier molecular flexibility index (Phi) is 6.20. The number of thioether (sulfide) groups is 1. The molecule has 8 heteroatoms. The fourth-order valence-corrected chi connectivity index (χ4v) is 4.09. The summed E-state index contributed by atoms with van der Waals surface area (Å²) in [6.07, 6.45) is 1.17. The topological polar surface area (TPSA) is 66.5 Å². The number of hydrogen-bond donors (Lipinski definition) is 1. The lowest BCUT2D eigenvalue weighted by Crippen LogP contribution is -2.47. The smallest absolute Gasteiger partial charge is 0.246 e. The first-order valence-electron chi connectivity index (χ1n) is 8.35. The van der Waals surface area contributed by atoms with Crippen LogP contribution in [0.1, 0.15) is 19.2 Å². The molecule has 1 aliphatic rings. The van der Waals surface area contributed by atoms with Gasteiger partial charge in [-0.25, -0.2) is 0 Å². The van der Waals surface area contributed by atoms with Crippen LogP contribution in [0.15, 0.2) is 33.8 Å². The maximum absolute atomic E-state index is 6.01. The molecule has 0 radical (unpaired) electrons. The lowest BCUT2D eigenvalue weighted by molar-refractivity contribution is 0.366. The van der Waals surface area contributed by atoms with Crippen LogP contribution in [0.4, 0.5) is 0 Å². The van der Waals surface area contributed by atoms with Crippen LogP contribution in [0.5, 0.6) is 0 Å². The van der Waals surface area contributed by atoms with Gasteiger partial charge < -0.3 is 14.7 Å². The van der Waals surface area contributed by atoms with E-state index in [-0.39, 0.29) is 0 Å². The number of nitrogens with one attached hydrogen (secondary N) is 1. The Bertz CT molecular complexity index is 735. The van der Waals surface area contributed by atoms with Gasteiger partial charge in [0.05, 0.1) is 6.54 Å². The molecule has 1 aliphatic heterocycles. The molecule has 1 atom stereocenters. The molecule has 1 aromatic carbocycles. The second-order valence-corrected chi connectivity index (χ2v) is 7.61. The maximum Gasteiger partial charge on any atom is 0.246 e. The SMILES string of the molecule is CCC1CN(C(=NC)NCc2nc(-c3cccc(Cl)c3)no2)CCS1. The summed E-state index contributed by atoms with van der Waals surface area (Å²) in [7, 11) is 1.80. The molecule has 1 saturated heterocycles. The van der Waals surface area contributed by atoms with Crippen molar-refractivity contribution in [2.75, 3.05) is 25.9 Å². The number of benzene rings is 1. The van der Waals surface area contributed by atoms with E-state index >= 15 is 0 Å². The van der Waals surface area contributed by atoms with Crippen molar-refractivity contribution >= 4 is 29.3 Å². The first kappa shape index (κ1) is 18.1. The summed E-state index contributed by atoms with van der Waals surface area (Å²) in [5, 5.41) is 8.65. The van der Waals surface area contributed by atoms with Gasteiger partial charge in [0.2, 0.25) is 11.7 Å². The van der Waals surface area contributed by atoms with Crippen LogP contribution in [0.2, 0.25) is 5.02 Å². The van der Waals surface area contributed by atoms with Crippen molar-refractivity contribution in [1.82, 2.24) is 20.4 Å². The summed E-state index contributed by atoms with van der Waals surface area (Å²) < 4.78 is 5.34. The first-order valence-corrected chi connectivity index (χ1v) is 9.78. The van der Waals surface area contributed by atoms with Crippen LogP contribution in [0.25, 0.3) is 11.4 Å². The van der Waals surface area contributed by atoms with Gasteiger partial charge >= 0.3 is 0 Å². The molecule has 134 valence electrons. The second-order valence-electron chi connectivity index (χ2n) is 5.77. The highest BCUT2D eigenvalue weighted by Gasteiger charge is 2.21. The summed E-state index contributed by atoms with van der Waals surface area (Å²) in [6.45, 7) is 4.69. The predicted octanol–water partition coefficient (Wildman–Crippen LogP) is 3.29. The van der Waals surface area contributed by atoms with E-state index in [1.807, 2.05) is 36.0 Å². The van der Waals surface area contributed by atoms with Crippen molar-refractivity contribution in [3.63, 3.8) is 0 Å². The Morgan fingerprint density at radius 1 is 1.52 bits per heavy atom. The molecule has 2 heterocycles. The van der Waals surface area contributed by atoms with Gasteiger partial charge in [-0.15, -0.1) is 0 Å². The van der Waals surface area contributed by atoms with Crippen molar-refractivity contribution in [2.45, 2.75) is 25.1 Å². The fraction of sp³-hybridized carbons (Fsp3) is 0.471. The van der Waals surface area contributed by atoms with Crippen molar-refractivity contribution < 1.29 is 4.52 Å². The van der Waals surface area contributed by atoms with Crippen LogP contribution in [-0.2, 0) is 6.54 Å². The van der Waals surface area contributed by atoms with Gasteiger partial charge in [0.15, 0.2) is 5.96 Å². The molecular formula is C17H22ClN5OS. The van der Waals surface area contributed by atoms with E-state index in [2.05, 4.69) is 32.3 Å². The lowest BCUT2D eigenvalue weighted by atomic mass is 10.2. The zero-order chi connectivity index (χ0) is 17.6. The number of aromatic nitrogens is 2. The molecule has 1 aromatic heterocycles. The molecule has 0 spiro atoms. The maximum atomic E-state index is 6.01. The molecule has 6 nitrogen and oxygen atoms in total. The molecular weight excluding hydrogens is 358 g/mol. The minimum atomic E-state index is 0.445. The number of nitrogens with zero attached hydrogens (tertiary/aromatic N) is 4. The van der Waals surface area contributed by atoms with E-state index in [1.165, 1.54) is 6.42 Å². The lowest BCUT2D eigenvalue weighted by Gasteiger charge is -2.34. The summed E-state index contributed by atoms with van der Waals surface area (Å²) in [5.74, 6) is 3.06. The highest BCUT2D eigenvalue weighted by molar-refractivity contribution is 8.00. The average molecular weight is 380 g/mol. The predicted molar refractivity (Wildman–Crippen MR) is 103 cm³/mol. The van der Waals surface area contributed by atoms with Gasteiger partial charge in [-0.05, 0) is 18.6 Å². The minimum absolute atomic E-state index is 0.445. The van der Waals surface area contributed by atoms with E-state index < -0.39 is 0 Å². The van der Waals surface area contributed by atoms with Gasteiger partial charge in [-0.1, -0.05) is 35.8 Å². The highest BCUT2D eigenvalue weighted by Crippen LogP contribution is 2.21. The van der Waals surface area contributed by atoms with Gasteiger partial charge in [-0.3, -0.25) is 4.99 Å². The number of rotatable bonds is 4. The zero-order valence-corrected chi connectivity index (χ0v) is 16.0. The Morgan fingerprint density at radius 2 is 2.40 bits per heavy atom. The van der Waals surface area contributed by atoms with E-state index in [1.54, 1.807) is 7.05 Å². The number of guanidine groups is 1. The van der Waals surface area contributed by atoms with Gasteiger partial charge in [0, 0.05) is 41.7 Å². The third kappa shape index (κ3) is 4.67. The molecule has 0 bridgehead atoms. The average Bonchev–Trinajstić information content (AvgIpc) is 3.11. The minimum Gasteiger partial charge on any atom is -0.347 e. The molecule has 0 saturated carbocycles. The molecule has 25 heavy (non-hydrogen) atoms. The normalized spacial score (nSPS) is 18.4. The van der Waals surface area contributed by atoms with Crippen LogP contribution in [-0.4, -0.2) is 52.1 Å². The van der Waals surface area contributed by atoms with Crippen LogP contribution in [0, 0.1) is 0 Å². The van der Waals surface area contributed by atoms with E-state index in [0.29, 0.717) is 28.5 Å². The monoisotopic (exact) mass is 379 g/mol. The fourth-order valence-electron chi connectivity index (χ4n) is 2.72. The van der Waals surface area contributed by atoms with Crippen molar-refractivity contribution in [3.05, 3.63) is 35.2 Å².